The van der Waals surface area contributed by atoms with Crippen LogP contribution in [0.2, 0.25) is 0 Å². The minimum atomic E-state index is -7.54. The Labute approximate surface area is 131 Å². The van der Waals surface area contributed by atoms with Crippen molar-refractivity contribution in [1.82, 2.24) is 0 Å². The maximum absolute atomic E-state index is 13.4. The monoisotopic (exact) mass is 428 g/mol. The van der Waals surface area contributed by atoms with Crippen molar-refractivity contribution in [3.8, 4) is 0 Å². The highest BCUT2D eigenvalue weighted by atomic mass is 19.4. The van der Waals surface area contributed by atoms with Crippen molar-refractivity contribution < 1.29 is 80.8 Å². The molecular weight excluding hydrogens is 426 g/mol. The van der Waals surface area contributed by atoms with E-state index in [-0.39, 0.29) is 0 Å². The molecule has 2 atom stereocenters. The molecule has 0 spiro atoms. The molecule has 0 saturated heterocycles. The normalized spacial score (nSPS) is 18.4. The van der Waals surface area contributed by atoms with E-state index in [9.17, 15) is 66.3 Å². The Bertz CT molecular complexity index is 524. The van der Waals surface area contributed by atoms with Gasteiger partial charge in [0.15, 0.2) is 0 Å². The lowest BCUT2D eigenvalue weighted by Crippen LogP contribution is -2.64. The van der Waals surface area contributed by atoms with E-state index in [1.54, 1.807) is 9.47 Å². The molecule has 156 valence electrons. The Morgan fingerprint density at radius 1 is 0.769 bits per heavy atom. The number of halogens is 14. The smallest absolute Gasteiger partial charge is 0.460 e. The van der Waals surface area contributed by atoms with Crippen molar-refractivity contribution in [3.05, 3.63) is 0 Å². The van der Waals surface area contributed by atoms with Gasteiger partial charge in [-0.2, -0.15) is 57.1 Å². The number of carbonyl (C=O) groups is 1. The van der Waals surface area contributed by atoms with Crippen molar-refractivity contribution in [2.75, 3.05) is 0 Å². The second-order valence-electron chi connectivity index (χ2n) is 4.10. The van der Waals surface area contributed by atoms with Gasteiger partial charge in [-0.05, 0) is 0 Å². The first-order chi connectivity index (χ1) is 11.0. The number of ether oxygens (including phenoxy) is 2. The number of hydrogen-bond acceptors (Lipinski definition) is 3. The molecule has 0 heterocycles. The van der Waals surface area contributed by atoms with Crippen LogP contribution in [0, 0.1) is 0 Å². The third-order valence-electron chi connectivity index (χ3n) is 2.10. The van der Waals surface area contributed by atoms with Gasteiger partial charge in [-0.1, -0.05) is 0 Å². The molecule has 0 bridgehead atoms. The lowest BCUT2D eigenvalue weighted by Gasteiger charge is -2.37. The maximum atomic E-state index is 13.4. The highest BCUT2D eigenvalue weighted by Gasteiger charge is 2.80. The summed E-state index contributed by atoms with van der Waals surface area (Å²) in [6.45, 7) is 0. The van der Waals surface area contributed by atoms with Gasteiger partial charge in [0, 0.05) is 0 Å². The molecule has 4 nitrogen and oxygen atoms in total. The van der Waals surface area contributed by atoms with Crippen LogP contribution in [-0.4, -0.2) is 53.8 Å². The predicted octanol–water partition coefficient (Wildman–Crippen LogP) is 4.01. The van der Waals surface area contributed by atoms with E-state index in [1.165, 1.54) is 0 Å². The summed E-state index contributed by atoms with van der Waals surface area (Å²) in [5.74, 6) is -11.3. The molecule has 0 aliphatic rings. The van der Waals surface area contributed by atoms with Crippen molar-refractivity contribution in [3.63, 3.8) is 0 Å². The highest BCUT2D eigenvalue weighted by molar-refractivity contribution is 5.73. The zero-order valence-corrected chi connectivity index (χ0v) is 11.0. The van der Waals surface area contributed by atoms with E-state index < -0.39 is 48.7 Å². The zero-order valence-electron chi connectivity index (χ0n) is 11.0. The van der Waals surface area contributed by atoms with Crippen LogP contribution in [0.15, 0.2) is 0 Å². The molecule has 0 aromatic carbocycles. The van der Waals surface area contributed by atoms with Crippen LogP contribution in [0.4, 0.5) is 61.5 Å². The standard InChI is InChI=1S/C8H2F14O4/c9-1(3(10,11)12)4(13,14)25-6(17,7(18,19)20)8(21,22)26-5(15,16)2(23)24/h1H,(H,23,24). The van der Waals surface area contributed by atoms with E-state index in [0.29, 0.717) is 0 Å². The van der Waals surface area contributed by atoms with E-state index in [0.717, 1.165) is 0 Å². The first kappa shape index (κ1) is 24.4. The number of alkyl halides is 14. The molecule has 26 heavy (non-hydrogen) atoms. The first-order valence-corrected chi connectivity index (χ1v) is 5.25. The molecular formula is C8H2F14O4. The van der Waals surface area contributed by atoms with Crippen LogP contribution in [0.25, 0.3) is 0 Å². The molecule has 18 heteroatoms. The van der Waals surface area contributed by atoms with Crippen LogP contribution < -0.4 is 0 Å². The van der Waals surface area contributed by atoms with Gasteiger partial charge in [-0.25, -0.2) is 13.9 Å². The molecule has 1 N–H and O–H groups in total. The fraction of sp³-hybridized carbons (Fsp3) is 0.875. The topological polar surface area (TPSA) is 55.8 Å². The Kier molecular flexibility index (Phi) is 6.14. The van der Waals surface area contributed by atoms with E-state index in [1.807, 2.05) is 0 Å². The average Bonchev–Trinajstić information content (AvgIpc) is 2.32. The predicted molar refractivity (Wildman–Crippen MR) is 45.5 cm³/mol. The SMILES string of the molecule is O=C(O)C(F)(F)OC(F)(F)C(F)(OC(F)(F)C(F)C(F)(F)F)C(F)(F)F. The fourth-order valence-electron chi connectivity index (χ4n) is 0.982. The second-order valence-corrected chi connectivity index (χ2v) is 4.10. The van der Waals surface area contributed by atoms with Gasteiger partial charge in [0.2, 0.25) is 0 Å². The van der Waals surface area contributed by atoms with E-state index >= 15 is 0 Å². The Hall–Kier alpha value is -1.59. The molecule has 0 aliphatic heterocycles. The summed E-state index contributed by atoms with van der Waals surface area (Å²) in [4.78, 5) is 9.79. The van der Waals surface area contributed by atoms with Crippen molar-refractivity contribution >= 4 is 5.97 Å². The van der Waals surface area contributed by atoms with Gasteiger partial charge < -0.3 is 5.11 Å². The summed E-state index contributed by atoms with van der Waals surface area (Å²) >= 11 is 0. The Morgan fingerprint density at radius 3 is 1.42 bits per heavy atom. The van der Waals surface area contributed by atoms with Crippen LogP contribution in [-0.2, 0) is 14.3 Å². The molecule has 2 unspecified atom stereocenters. The van der Waals surface area contributed by atoms with Gasteiger partial charge in [0.05, 0.1) is 0 Å². The first-order valence-electron chi connectivity index (χ1n) is 5.25. The minimum Gasteiger partial charge on any atom is -0.475 e. The maximum Gasteiger partial charge on any atom is 0.460 e. The molecule has 0 aromatic rings. The number of hydrogen-bond donors (Lipinski definition) is 1. The second kappa shape index (κ2) is 6.54. The van der Waals surface area contributed by atoms with Gasteiger partial charge in [0.25, 0.3) is 6.17 Å². The number of carboxylic acid groups (broad SMARTS) is 1. The fourth-order valence-corrected chi connectivity index (χ4v) is 0.982. The lowest BCUT2D eigenvalue weighted by molar-refractivity contribution is -0.530. The van der Waals surface area contributed by atoms with Gasteiger partial charge in [-0.3, -0.25) is 4.74 Å². The van der Waals surface area contributed by atoms with Crippen LogP contribution in [0.1, 0.15) is 0 Å². The molecule has 0 aromatic heterocycles. The summed E-state index contributed by atoms with van der Waals surface area (Å²) < 4.78 is 177. The third-order valence-corrected chi connectivity index (χ3v) is 2.10. The number of aliphatic carboxylic acids is 1. The van der Waals surface area contributed by atoms with Crippen molar-refractivity contribution in [2.24, 2.45) is 0 Å². The van der Waals surface area contributed by atoms with Crippen LogP contribution >= 0.6 is 0 Å². The van der Waals surface area contributed by atoms with Crippen molar-refractivity contribution in [1.29, 1.82) is 0 Å². The summed E-state index contributed by atoms with van der Waals surface area (Å²) in [7, 11) is 0. The van der Waals surface area contributed by atoms with Gasteiger partial charge in [-0.15, -0.1) is 0 Å². The zero-order chi connectivity index (χ0) is 21.6. The molecule has 0 aliphatic carbocycles. The lowest BCUT2D eigenvalue weighted by atomic mass is 10.2. The molecule has 0 radical (unpaired) electrons. The molecule has 0 fully saturated rings. The van der Waals surface area contributed by atoms with Gasteiger partial charge in [0.1, 0.15) is 0 Å². The van der Waals surface area contributed by atoms with Crippen LogP contribution in [0.5, 0.6) is 0 Å². The van der Waals surface area contributed by atoms with Crippen LogP contribution in [0.3, 0.4) is 0 Å². The Balaban J connectivity index is 6.13. The quantitative estimate of drug-likeness (QED) is 0.623. The Morgan fingerprint density at radius 2 is 1.15 bits per heavy atom. The molecule has 0 saturated carbocycles. The van der Waals surface area contributed by atoms with E-state index in [2.05, 4.69) is 0 Å². The van der Waals surface area contributed by atoms with Crippen molar-refractivity contribution in [2.45, 2.75) is 42.7 Å². The summed E-state index contributed by atoms with van der Waals surface area (Å²) in [6, 6.07) is 0. The average molecular weight is 428 g/mol. The minimum absolute atomic E-state index is 1.55. The summed E-state index contributed by atoms with van der Waals surface area (Å²) in [5.41, 5.74) is 0. The molecule has 0 rings (SSSR count). The van der Waals surface area contributed by atoms with E-state index in [4.69, 9.17) is 5.11 Å². The van der Waals surface area contributed by atoms with Gasteiger partial charge >= 0.3 is 42.5 Å². The number of rotatable bonds is 7. The highest BCUT2D eigenvalue weighted by Crippen LogP contribution is 2.52. The third kappa shape index (κ3) is 4.77. The summed E-state index contributed by atoms with van der Waals surface area (Å²) in [5, 5.41) is 7.69. The largest absolute Gasteiger partial charge is 0.475 e. The molecule has 0 amide bonds. The summed E-state index contributed by atoms with van der Waals surface area (Å²) in [6.07, 6.45) is -40.9. The number of carboxylic acids is 1.